The van der Waals surface area contributed by atoms with Crippen LogP contribution in [0.5, 0.6) is 0 Å². The third-order valence-corrected chi connectivity index (χ3v) is 5.16. The average molecular weight is 269 g/mol. The van der Waals surface area contributed by atoms with E-state index in [0.29, 0.717) is 6.04 Å². The Morgan fingerprint density at radius 1 is 1.32 bits per heavy atom. The van der Waals surface area contributed by atoms with Gasteiger partial charge in [0.2, 0.25) is 0 Å². The van der Waals surface area contributed by atoms with Crippen LogP contribution in [-0.4, -0.2) is 72.4 Å². The van der Waals surface area contributed by atoms with Crippen molar-refractivity contribution < 1.29 is 5.11 Å². The van der Waals surface area contributed by atoms with Crippen LogP contribution in [0.4, 0.5) is 0 Å². The van der Waals surface area contributed by atoms with Gasteiger partial charge in [0.05, 0.1) is 6.61 Å². The molecule has 3 unspecified atom stereocenters. The summed E-state index contributed by atoms with van der Waals surface area (Å²) in [7, 11) is 1.95. The van der Waals surface area contributed by atoms with E-state index < -0.39 is 0 Å². The van der Waals surface area contributed by atoms with Crippen molar-refractivity contribution in [2.75, 3.05) is 39.8 Å². The fraction of sp³-hybridized carbons (Fsp3) is 1.00. The fourth-order valence-electron chi connectivity index (χ4n) is 3.66. The summed E-state index contributed by atoms with van der Waals surface area (Å²) in [5, 5.41) is 12.8. The van der Waals surface area contributed by atoms with E-state index >= 15 is 0 Å². The molecule has 0 aliphatic carbocycles. The number of aliphatic hydroxyl groups excluding tert-OH is 1. The number of aliphatic hydroxyl groups is 1. The Hall–Kier alpha value is -0.160. The van der Waals surface area contributed by atoms with Gasteiger partial charge in [-0.3, -0.25) is 9.80 Å². The number of nitrogens with one attached hydrogen (secondary N) is 1. The summed E-state index contributed by atoms with van der Waals surface area (Å²) in [6.07, 6.45) is 5.03. The predicted molar refractivity (Wildman–Crippen MR) is 79.4 cm³/mol. The highest BCUT2D eigenvalue weighted by Crippen LogP contribution is 2.24. The predicted octanol–water partition coefficient (Wildman–Crippen LogP) is 0.906. The molecule has 4 heteroatoms. The lowest BCUT2D eigenvalue weighted by Crippen LogP contribution is -2.50. The molecule has 0 aromatic heterocycles. The number of fused-ring (bicyclic) bond motifs is 1. The molecule has 0 spiro atoms. The van der Waals surface area contributed by atoms with Crippen molar-refractivity contribution in [3.05, 3.63) is 0 Å². The second-order valence-corrected chi connectivity index (χ2v) is 6.70. The molecule has 2 rings (SSSR count). The number of nitrogens with zero attached hydrogens (tertiary/aromatic N) is 2. The van der Waals surface area contributed by atoms with Crippen molar-refractivity contribution in [3.8, 4) is 0 Å². The molecular weight excluding hydrogens is 238 g/mol. The number of rotatable bonds is 5. The molecule has 112 valence electrons. The maximum Gasteiger partial charge on any atom is 0.0611 e. The summed E-state index contributed by atoms with van der Waals surface area (Å²) in [6, 6.07) is 1.31. The van der Waals surface area contributed by atoms with Crippen LogP contribution < -0.4 is 5.32 Å². The van der Waals surface area contributed by atoms with E-state index in [0.717, 1.165) is 12.5 Å². The molecule has 0 saturated carbocycles. The molecule has 2 fully saturated rings. The van der Waals surface area contributed by atoms with Gasteiger partial charge in [-0.1, -0.05) is 0 Å². The Balaban J connectivity index is 1.92. The average Bonchev–Trinajstić information content (AvgIpc) is 2.75. The molecule has 0 aromatic rings. The maximum atomic E-state index is 9.55. The van der Waals surface area contributed by atoms with Crippen LogP contribution in [0.3, 0.4) is 0 Å². The van der Waals surface area contributed by atoms with Gasteiger partial charge < -0.3 is 10.4 Å². The highest BCUT2D eigenvalue weighted by molar-refractivity contribution is 4.90. The zero-order chi connectivity index (χ0) is 13.9. The van der Waals surface area contributed by atoms with Crippen LogP contribution in [-0.2, 0) is 0 Å². The number of likely N-dealkylation sites (N-methyl/N-ethyl adjacent to an activating group) is 1. The lowest BCUT2D eigenvalue weighted by molar-refractivity contribution is 0.113. The van der Waals surface area contributed by atoms with E-state index in [1.165, 1.54) is 45.4 Å². The van der Waals surface area contributed by atoms with Gasteiger partial charge in [0.25, 0.3) is 0 Å². The van der Waals surface area contributed by atoms with Crippen molar-refractivity contribution >= 4 is 0 Å². The van der Waals surface area contributed by atoms with Crippen LogP contribution in [0.2, 0.25) is 0 Å². The second kappa shape index (κ2) is 6.53. The van der Waals surface area contributed by atoms with Crippen LogP contribution in [0, 0.1) is 0 Å². The highest BCUT2D eigenvalue weighted by Gasteiger charge is 2.32. The molecule has 0 amide bonds. The molecule has 4 nitrogen and oxygen atoms in total. The van der Waals surface area contributed by atoms with Gasteiger partial charge in [-0.2, -0.15) is 0 Å². The Morgan fingerprint density at radius 3 is 2.74 bits per heavy atom. The van der Waals surface area contributed by atoms with E-state index in [4.69, 9.17) is 0 Å². The molecule has 2 aliphatic rings. The summed E-state index contributed by atoms with van der Waals surface area (Å²) >= 11 is 0. The van der Waals surface area contributed by atoms with Crippen LogP contribution in [0.1, 0.15) is 39.5 Å². The minimum atomic E-state index is -0.152. The van der Waals surface area contributed by atoms with Crippen molar-refractivity contribution in [2.45, 2.75) is 57.2 Å². The summed E-state index contributed by atoms with van der Waals surface area (Å²) < 4.78 is 0. The Bertz CT molecular complexity index is 281. The van der Waals surface area contributed by atoms with Gasteiger partial charge in [-0.25, -0.2) is 0 Å². The molecule has 0 aromatic carbocycles. The SMILES string of the molecule is CNC(C)(CO)CC(C)N1CCCN2CCCC2C1. The normalized spacial score (nSPS) is 30.6. The Morgan fingerprint density at radius 2 is 2.05 bits per heavy atom. The largest absolute Gasteiger partial charge is 0.394 e. The van der Waals surface area contributed by atoms with E-state index in [9.17, 15) is 5.11 Å². The zero-order valence-electron chi connectivity index (χ0n) is 12.9. The van der Waals surface area contributed by atoms with Crippen LogP contribution in [0.25, 0.3) is 0 Å². The molecule has 19 heavy (non-hydrogen) atoms. The molecule has 2 aliphatic heterocycles. The number of hydrogen-bond acceptors (Lipinski definition) is 4. The van der Waals surface area contributed by atoms with Gasteiger partial charge in [0.15, 0.2) is 0 Å². The van der Waals surface area contributed by atoms with Gasteiger partial charge >= 0.3 is 0 Å². The molecule has 2 N–H and O–H groups in total. The topological polar surface area (TPSA) is 38.7 Å². The Labute approximate surface area is 118 Å². The molecule has 2 saturated heterocycles. The summed E-state index contributed by atoms with van der Waals surface area (Å²) in [5.74, 6) is 0. The van der Waals surface area contributed by atoms with Crippen LogP contribution >= 0.6 is 0 Å². The highest BCUT2D eigenvalue weighted by atomic mass is 16.3. The minimum Gasteiger partial charge on any atom is -0.394 e. The Kier molecular flexibility index (Phi) is 5.23. The zero-order valence-corrected chi connectivity index (χ0v) is 12.9. The van der Waals surface area contributed by atoms with Gasteiger partial charge in [0.1, 0.15) is 0 Å². The lowest BCUT2D eigenvalue weighted by atomic mass is 9.93. The first-order chi connectivity index (χ1) is 9.08. The van der Waals surface area contributed by atoms with E-state index in [1.54, 1.807) is 0 Å². The monoisotopic (exact) mass is 269 g/mol. The fourth-order valence-corrected chi connectivity index (χ4v) is 3.66. The van der Waals surface area contributed by atoms with Crippen molar-refractivity contribution in [1.29, 1.82) is 0 Å². The third kappa shape index (κ3) is 3.69. The summed E-state index contributed by atoms with van der Waals surface area (Å²) in [6.45, 7) is 9.64. The third-order valence-electron chi connectivity index (χ3n) is 5.16. The van der Waals surface area contributed by atoms with Crippen molar-refractivity contribution in [2.24, 2.45) is 0 Å². The molecule has 2 heterocycles. The van der Waals surface area contributed by atoms with Gasteiger partial charge in [-0.15, -0.1) is 0 Å². The standard InChI is InChI=1S/C15H31N3O/c1-13(10-15(2,12-19)16-3)18-9-5-8-17-7-4-6-14(17)11-18/h13-14,16,19H,4-12H2,1-3H3. The van der Waals surface area contributed by atoms with Gasteiger partial charge in [0, 0.05) is 24.2 Å². The lowest BCUT2D eigenvalue weighted by Gasteiger charge is -2.36. The molecule has 0 radical (unpaired) electrons. The van der Waals surface area contributed by atoms with E-state index in [1.807, 2.05) is 7.05 Å². The first-order valence-electron chi connectivity index (χ1n) is 7.86. The van der Waals surface area contributed by atoms with Crippen molar-refractivity contribution in [1.82, 2.24) is 15.1 Å². The molecule has 0 bridgehead atoms. The van der Waals surface area contributed by atoms with Crippen molar-refractivity contribution in [3.63, 3.8) is 0 Å². The first-order valence-corrected chi connectivity index (χ1v) is 7.86. The van der Waals surface area contributed by atoms with E-state index in [2.05, 4.69) is 29.0 Å². The van der Waals surface area contributed by atoms with Crippen LogP contribution in [0.15, 0.2) is 0 Å². The number of hydrogen-bond donors (Lipinski definition) is 2. The molecule has 3 atom stereocenters. The quantitative estimate of drug-likeness (QED) is 0.778. The first kappa shape index (κ1) is 15.2. The summed E-state index contributed by atoms with van der Waals surface area (Å²) in [5.41, 5.74) is -0.152. The van der Waals surface area contributed by atoms with Gasteiger partial charge in [-0.05, 0) is 66.2 Å². The smallest absolute Gasteiger partial charge is 0.0611 e. The van der Waals surface area contributed by atoms with E-state index in [-0.39, 0.29) is 12.1 Å². The second-order valence-electron chi connectivity index (χ2n) is 6.70. The maximum absolute atomic E-state index is 9.55. The molecular formula is C15H31N3O. The minimum absolute atomic E-state index is 0.152. The summed E-state index contributed by atoms with van der Waals surface area (Å²) in [4.78, 5) is 5.32.